The fourth-order valence-corrected chi connectivity index (χ4v) is 1.18. The van der Waals surface area contributed by atoms with Gasteiger partial charge in [0.2, 0.25) is 11.8 Å². The number of carbonyl (C=O) groups excluding carboxylic acids is 3. The van der Waals surface area contributed by atoms with Gasteiger partial charge in [0.15, 0.2) is 6.61 Å². The highest BCUT2D eigenvalue weighted by Gasteiger charge is 2.16. The van der Waals surface area contributed by atoms with Crippen molar-refractivity contribution in [2.45, 2.75) is 39.7 Å². The van der Waals surface area contributed by atoms with Crippen molar-refractivity contribution in [2.24, 2.45) is 0 Å². The quantitative estimate of drug-likeness (QED) is 0.346. The summed E-state index contributed by atoms with van der Waals surface area (Å²) in [7, 11) is 0. The van der Waals surface area contributed by atoms with Crippen molar-refractivity contribution in [2.75, 3.05) is 19.7 Å². The molecule has 0 aliphatic heterocycles. The predicted octanol–water partition coefficient (Wildman–Crippen LogP) is 0.641. The first kappa shape index (κ1) is 19.9. The Labute approximate surface area is 130 Å². The van der Waals surface area contributed by atoms with Crippen molar-refractivity contribution in [3.8, 4) is 0 Å². The molecule has 0 aromatic heterocycles. The van der Waals surface area contributed by atoms with Crippen LogP contribution in [0.1, 0.15) is 34.1 Å². The van der Waals surface area contributed by atoms with Gasteiger partial charge < -0.3 is 15.4 Å². The maximum absolute atomic E-state index is 11.4. The van der Waals surface area contributed by atoms with Crippen LogP contribution in [0.5, 0.6) is 0 Å². The van der Waals surface area contributed by atoms with Crippen LogP contribution in [0, 0.1) is 0 Å². The number of hydrogen-bond acceptors (Lipinski definition) is 5. The third-order valence-electron chi connectivity index (χ3n) is 2.11. The van der Waals surface area contributed by atoms with Crippen LogP contribution in [-0.2, 0) is 19.2 Å². The van der Waals surface area contributed by atoms with Crippen molar-refractivity contribution in [3.05, 3.63) is 12.2 Å². The van der Waals surface area contributed by atoms with Gasteiger partial charge in [0.1, 0.15) is 5.60 Å². The molecule has 0 aromatic carbocycles. The smallest absolute Gasteiger partial charge is 0.431 e. The maximum Gasteiger partial charge on any atom is 0.431 e. The Hall–Kier alpha value is -2.09. The second-order valence-corrected chi connectivity index (χ2v) is 5.63. The van der Waals surface area contributed by atoms with Gasteiger partial charge in [-0.15, -0.1) is 0 Å². The first-order chi connectivity index (χ1) is 10.1. The summed E-state index contributed by atoms with van der Waals surface area (Å²) in [5.41, 5.74) is 1.81. The summed E-state index contributed by atoms with van der Waals surface area (Å²) in [6, 6.07) is 0. The SMILES string of the molecule is C=C(C)C(=O)NCCCNC(=O)CONC(=O)OC(C)(C)C. The highest BCUT2D eigenvalue weighted by atomic mass is 16.7. The first-order valence-corrected chi connectivity index (χ1v) is 6.93. The summed E-state index contributed by atoms with van der Waals surface area (Å²) < 4.78 is 4.92. The molecule has 3 N–H and O–H groups in total. The molecule has 0 aromatic rings. The van der Waals surface area contributed by atoms with Crippen LogP contribution in [0.25, 0.3) is 0 Å². The van der Waals surface area contributed by atoms with E-state index in [-0.39, 0.29) is 18.4 Å². The Morgan fingerprint density at radius 2 is 1.68 bits per heavy atom. The molecule has 0 radical (unpaired) electrons. The maximum atomic E-state index is 11.4. The first-order valence-electron chi connectivity index (χ1n) is 6.93. The van der Waals surface area contributed by atoms with Crippen molar-refractivity contribution >= 4 is 17.9 Å². The number of hydrogen-bond donors (Lipinski definition) is 3. The normalized spacial score (nSPS) is 10.5. The molecule has 0 rings (SSSR count). The monoisotopic (exact) mass is 315 g/mol. The molecule has 0 fully saturated rings. The van der Waals surface area contributed by atoms with E-state index in [4.69, 9.17) is 9.57 Å². The lowest BCUT2D eigenvalue weighted by Gasteiger charge is -2.19. The van der Waals surface area contributed by atoms with Crippen molar-refractivity contribution in [1.82, 2.24) is 16.1 Å². The van der Waals surface area contributed by atoms with E-state index in [0.717, 1.165) is 0 Å². The predicted molar refractivity (Wildman–Crippen MR) is 80.8 cm³/mol. The zero-order valence-corrected chi connectivity index (χ0v) is 13.6. The molecule has 0 bridgehead atoms. The average molecular weight is 315 g/mol. The van der Waals surface area contributed by atoms with Crippen LogP contribution in [0.2, 0.25) is 0 Å². The molecule has 126 valence electrons. The standard InChI is InChI=1S/C14H25N3O5/c1-10(2)12(19)16-8-6-7-15-11(18)9-21-17-13(20)22-14(3,4)5/h1,6-9H2,2-5H3,(H,15,18)(H,16,19)(H,17,20). The van der Waals surface area contributed by atoms with Gasteiger partial charge in [-0.3, -0.25) is 14.4 Å². The molecule has 8 heteroatoms. The Morgan fingerprint density at radius 1 is 1.09 bits per heavy atom. The second-order valence-electron chi connectivity index (χ2n) is 5.63. The van der Waals surface area contributed by atoms with Gasteiger partial charge in [0.25, 0.3) is 0 Å². The summed E-state index contributed by atoms with van der Waals surface area (Å²) in [6.45, 7) is 10.8. The molecule has 0 heterocycles. The van der Waals surface area contributed by atoms with Gasteiger partial charge in [-0.1, -0.05) is 6.58 Å². The minimum absolute atomic E-state index is 0.212. The number of hydroxylamine groups is 1. The second kappa shape index (κ2) is 9.78. The lowest BCUT2D eigenvalue weighted by Crippen LogP contribution is -2.37. The minimum Gasteiger partial charge on any atom is -0.442 e. The van der Waals surface area contributed by atoms with Crippen LogP contribution in [0.4, 0.5) is 4.79 Å². The van der Waals surface area contributed by atoms with Crippen molar-refractivity contribution in [3.63, 3.8) is 0 Å². The third kappa shape index (κ3) is 11.7. The number of nitrogens with one attached hydrogen (secondary N) is 3. The van der Waals surface area contributed by atoms with E-state index in [1.165, 1.54) is 0 Å². The number of carbonyl (C=O) groups is 3. The molecule has 0 aliphatic rings. The summed E-state index contributed by atoms with van der Waals surface area (Å²) in [5, 5.41) is 5.22. The average Bonchev–Trinajstić information content (AvgIpc) is 2.35. The van der Waals surface area contributed by atoms with Crippen LogP contribution in [-0.4, -0.2) is 43.2 Å². The number of ether oxygens (including phenoxy) is 1. The molecule has 0 atom stereocenters. The van der Waals surface area contributed by atoms with Crippen LogP contribution in [0.15, 0.2) is 12.2 Å². The Balaban J connectivity index is 3.61. The van der Waals surface area contributed by atoms with Crippen LogP contribution in [0.3, 0.4) is 0 Å². The van der Waals surface area contributed by atoms with Gasteiger partial charge >= 0.3 is 6.09 Å². The molecule has 8 nitrogen and oxygen atoms in total. The van der Waals surface area contributed by atoms with Gasteiger partial charge in [-0.25, -0.2) is 4.79 Å². The minimum atomic E-state index is -0.761. The lowest BCUT2D eigenvalue weighted by molar-refractivity contribution is -0.128. The van der Waals surface area contributed by atoms with Gasteiger partial charge in [0, 0.05) is 18.7 Å². The summed E-state index contributed by atoms with van der Waals surface area (Å²) in [6.07, 6.45) is -0.188. The van der Waals surface area contributed by atoms with Crippen LogP contribution < -0.4 is 16.1 Å². The fraction of sp³-hybridized carbons (Fsp3) is 0.643. The topological polar surface area (TPSA) is 106 Å². The molecule has 0 unspecified atom stereocenters. The summed E-state index contributed by atoms with van der Waals surface area (Å²) in [4.78, 5) is 38.5. The van der Waals surface area contributed by atoms with Crippen molar-refractivity contribution < 1.29 is 24.0 Å². The Bertz CT molecular complexity index is 415. The molecular formula is C14H25N3O5. The van der Waals surface area contributed by atoms with E-state index in [1.807, 2.05) is 5.48 Å². The van der Waals surface area contributed by atoms with E-state index in [0.29, 0.717) is 25.1 Å². The largest absolute Gasteiger partial charge is 0.442 e. The molecule has 22 heavy (non-hydrogen) atoms. The molecule has 0 spiro atoms. The summed E-state index contributed by atoms with van der Waals surface area (Å²) >= 11 is 0. The van der Waals surface area contributed by atoms with E-state index in [9.17, 15) is 14.4 Å². The molecule has 0 aliphatic carbocycles. The highest BCUT2D eigenvalue weighted by molar-refractivity contribution is 5.92. The van der Waals surface area contributed by atoms with Crippen LogP contribution >= 0.6 is 0 Å². The molecule has 0 saturated carbocycles. The van der Waals surface area contributed by atoms with E-state index >= 15 is 0 Å². The summed E-state index contributed by atoms with van der Waals surface area (Å²) in [5.74, 6) is -0.599. The Kier molecular flexibility index (Phi) is 8.85. The van der Waals surface area contributed by atoms with Gasteiger partial charge in [-0.2, -0.15) is 5.48 Å². The fourth-order valence-electron chi connectivity index (χ4n) is 1.18. The van der Waals surface area contributed by atoms with E-state index in [2.05, 4.69) is 17.2 Å². The lowest BCUT2D eigenvalue weighted by atomic mass is 10.2. The zero-order chi connectivity index (χ0) is 17.2. The van der Waals surface area contributed by atoms with Crippen molar-refractivity contribution in [1.29, 1.82) is 0 Å². The Morgan fingerprint density at radius 3 is 2.23 bits per heavy atom. The third-order valence-corrected chi connectivity index (χ3v) is 2.11. The van der Waals surface area contributed by atoms with E-state index < -0.39 is 11.7 Å². The number of amides is 3. The highest BCUT2D eigenvalue weighted by Crippen LogP contribution is 2.06. The van der Waals surface area contributed by atoms with Gasteiger partial charge in [0.05, 0.1) is 0 Å². The molecule has 3 amide bonds. The zero-order valence-electron chi connectivity index (χ0n) is 13.6. The molecular weight excluding hydrogens is 290 g/mol. The number of rotatable bonds is 8. The van der Waals surface area contributed by atoms with E-state index in [1.54, 1.807) is 27.7 Å². The van der Waals surface area contributed by atoms with Gasteiger partial charge in [-0.05, 0) is 34.1 Å². The molecule has 0 saturated heterocycles.